The van der Waals surface area contributed by atoms with Gasteiger partial charge in [0.15, 0.2) is 5.82 Å². The summed E-state index contributed by atoms with van der Waals surface area (Å²) < 4.78 is 26.3. The Kier molecular flexibility index (Phi) is 3.06. The van der Waals surface area contributed by atoms with Crippen molar-refractivity contribution in [1.29, 1.82) is 0 Å². The fourth-order valence-electron chi connectivity index (χ4n) is 1.19. The predicted octanol–water partition coefficient (Wildman–Crippen LogP) is 2.73. The molecule has 0 atom stereocenters. The number of rotatable bonds is 2. The van der Waals surface area contributed by atoms with E-state index in [0.717, 1.165) is 18.2 Å². The third kappa shape index (κ3) is 2.59. The number of hydrogen-bond donors (Lipinski definition) is 2. The van der Waals surface area contributed by atoms with Crippen LogP contribution < -0.4 is 11.1 Å². The average molecular weight is 257 g/mol. The van der Waals surface area contributed by atoms with Crippen LogP contribution in [-0.2, 0) is 0 Å². The van der Waals surface area contributed by atoms with E-state index >= 15 is 0 Å². The van der Waals surface area contributed by atoms with E-state index in [4.69, 9.17) is 17.3 Å². The van der Waals surface area contributed by atoms with Crippen molar-refractivity contribution >= 4 is 29.1 Å². The van der Waals surface area contributed by atoms with Crippen molar-refractivity contribution in [2.75, 3.05) is 11.1 Å². The lowest BCUT2D eigenvalue weighted by Gasteiger charge is -2.08. The lowest BCUT2D eigenvalue weighted by atomic mass is 10.3. The molecule has 2 rings (SSSR count). The molecule has 1 aromatic heterocycles. The lowest BCUT2D eigenvalue weighted by molar-refractivity contribution is 0.603. The molecule has 0 saturated carbocycles. The second-order valence-corrected chi connectivity index (χ2v) is 3.58. The van der Waals surface area contributed by atoms with E-state index in [1.807, 2.05) is 0 Å². The fraction of sp³-hybridized carbons (Fsp3) is 0. The lowest BCUT2D eigenvalue weighted by Crippen LogP contribution is -2.02. The SMILES string of the molecule is Nc1ncc(Cl)c(Nc2cc(F)ccc2F)n1. The van der Waals surface area contributed by atoms with Crippen LogP contribution in [0.5, 0.6) is 0 Å². The Hall–Kier alpha value is -1.95. The maximum absolute atomic E-state index is 13.3. The van der Waals surface area contributed by atoms with Gasteiger partial charge in [0.1, 0.15) is 16.7 Å². The van der Waals surface area contributed by atoms with Gasteiger partial charge in [-0.3, -0.25) is 0 Å². The van der Waals surface area contributed by atoms with Crippen LogP contribution in [0.15, 0.2) is 24.4 Å². The third-order valence-corrected chi connectivity index (χ3v) is 2.22. The minimum Gasteiger partial charge on any atom is -0.368 e. The van der Waals surface area contributed by atoms with Crippen LogP contribution in [0.1, 0.15) is 0 Å². The highest BCUT2D eigenvalue weighted by Crippen LogP contribution is 2.25. The van der Waals surface area contributed by atoms with Crippen molar-refractivity contribution in [2.24, 2.45) is 0 Å². The topological polar surface area (TPSA) is 63.8 Å². The summed E-state index contributed by atoms with van der Waals surface area (Å²) in [5.41, 5.74) is 5.28. The summed E-state index contributed by atoms with van der Waals surface area (Å²) in [5.74, 6) is -1.11. The summed E-state index contributed by atoms with van der Waals surface area (Å²) in [6.07, 6.45) is 1.27. The average Bonchev–Trinajstić information content (AvgIpc) is 2.28. The summed E-state index contributed by atoms with van der Waals surface area (Å²) in [7, 11) is 0. The molecule has 0 unspecified atom stereocenters. The van der Waals surface area contributed by atoms with Gasteiger partial charge < -0.3 is 11.1 Å². The van der Waals surface area contributed by atoms with Crippen LogP contribution >= 0.6 is 11.6 Å². The zero-order valence-electron chi connectivity index (χ0n) is 8.42. The molecule has 0 aliphatic rings. The van der Waals surface area contributed by atoms with Gasteiger partial charge in [0, 0.05) is 6.07 Å². The summed E-state index contributed by atoms with van der Waals surface area (Å²) >= 11 is 5.78. The van der Waals surface area contributed by atoms with Crippen LogP contribution in [0.25, 0.3) is 0 Å². The van der Waals surface area contributed by atoms with Crippen molar-refractivity contribution in [1.82, 2.24) is 9.97 Å². The summed E-state index contributed by atoms with van der Waals surface area (Å²) in [6, 6.07) is 3.00. The van der Waals surface area contributed by atoms with Gasteiger partial charge in [-0.25, -0.2) is 13.8 Å². The minimum atomic E-state index is -0.625. The number of nitrogens with two attached hydrogens (primary N) is 1. The van der Waals surface area contributed by atoms with Crippen LogP contribution in [-0.4, -0.2) is 9.97 Å². The first-order chi connectivity index (χ1) is 8.06. The molecule has 0 amide bonds. The molecule has 1 aromatic carbocycles. The minimum absolute atomic E-state index is 0.0197. The number of hydrogen-bond acceptors (Lipinski definition) is 4. The van der Waals surface area contributed by atoms with E-state index in [1.54, 1.807) is 0 Å². The Morgan fingerprint density at radius 2 is 2.06 bits per heavy atom. The Labute approximate surface area is 100 Å². The molecule has 17 heavy (non-hydrogen) atoms. The first kappa shape index (κ1) is 11.5. The largest absolute Gasteiger partial charge is 0.368 e. The Balaban J connectivity index is 2.37. The van der Waals surface area contributed by atoms with E-state index in [1.165, 1.54) is 6.20 Å². The molecule has 3 N–H and O–H groups in total. The highest BCUT2D eigenvalue weighted by atomic mass is 35.5. The van der Waals surface area contributed by atoms with Gasteiger partial charge in [-0.1, -0.05) is 11.6 Å². The normalized spacial score (nSPS) is 10.3. The van der Waals surface area contributed by atoms with Gasteiger partial charge in [0.2, 0.25) is 5.95 Å². The Bertz CT molecular complexity index is 512. The van der Waals surface area contributed by atoms with Crippen molar-refractivity contribution in [2.45, 2.75) is 0 Å². The van der Waals surface area contributed by atoms with Crippen molar-refractivity contribution < 1.29 is 8.78 Å². The molecule has 0 bridgehead atoms. The Morgan fingerprint density at radius 1 is 1.29 bits per heavy atom. The maximum atomic E-state index is 13.3. The monoisotopic (exact) mass is 256 g/mol. The van der Waals surface area contributed by atoms with Gasteiger partial charge in [-0.15, -0.1) is 0 Å². The molecule has 7 heteroatoms. The first-order valence-electron chi connectivity index (χ1n) is 4.56. The number of nitrogens with zero attached hydrogens (tertiary/aromatic N) is 2. The Morgan fingerprint density at radius 3 is 2.82 bits per heavy atom. The van der Waals surface area contributed by atoms with Crippen LogP contribution in [0.4, 0.5) is 26.2 Å². The summed E-state index contributed by atoms with van der Waals surface area (Å²) in [4.78, 5) is 7.42. The van der Waals surface area contributed by atoms with E-state index in [-0.39, 0.29) is 22.5 Å². The van der Waals surface area contributed by atoms with Gasteiger partial charge in [-0.05, 0) is 12.1 Å². The summed E-state index contributed by atoms with van der Waals surface area (Å²) in [6.45, 7) is 0. The van der Waals surface area contributed by atoms with Crippen molar-refractivity contribution in [3.05, 3.63) is 41.1 Å². The smallest absolute Gasteiger partial charge is 0.222 e. The second kappa shape index (κ2) is 4.50. The molecule has 2 aromatic rings. The highest BCUT2D eigenvalue weighted by Gasteiger charge is 2.08. The molecule has 0 fully saturated rings. The second-order valence-electron chi connectivity index (χ2n) is 3.17. The molecule has 1 heterocycles. The highest BCUT2D eigenvalue weighted by molar-refractivity contribution is 6.32. The number of anilines is 3. The number of halogens is 3. The standard InChI is InChI=1S/C10H7ClF2N4/c11-6-4-15-10(14)17-9(6)16-8-3-5(12)1-2-7(8)13/h1-4H,(H3,14,15,16,17). The zero-order valence-corrected chi connectivity index (χ0v) is 9.17. The molecular weight excluding hydrogens is 250 g/mol. The number of benzene rings is 1. The van der Waals surface area contributed by atoms with E-state index in [2.05, 4.69) is 15.3 Å². The maximum Gasteiger partial charge on any atom is 0.222 e. The molecule has 0 aliphatic heterocycles. The molecule has 0 radical (unpaired) electrons. The first-order valence-corrected chi connectivity index (χ1v) is 4.94. The quantitative estimate of drug-likeness (QED) is 0.867. The summed E-state index contributed by atoms with van der Waals surface area (Å²) in [5, 5.41) is 2.70. The van der Waals surface area contributed by atoms with Gasteiger partial charge in [0.25, 0.3) is 0 Å². The molecular formula is C10H7ClF2N4. The van der Waals surface area contributed by atoms with E-state index < -0.39 is 11.6 Å². The molecule has 0 spiro atoms. The van der Waals surface area contributed by atoms with Crippen LogP contribution in [0, 0.1) is 11.6 Å². The van der Waals surface area contributed by atoms with Crippen molar-refractivity contribution in [3.63, 3.8) is 0 Å². The number of nitrogens with one attached hydrogen (secondary N) is 1. The molecule has 88 valence electrons. The van der Waals surface area contributed by atoms with Crippen molar-refractivity contribution in [3.8, 4) is 0 Å². The number of nitrogen functional groups attached to an aromatic ring is 1. The van der Waals surface area contributed by atoms with Gasteiger partial charge in [0.05, 0.1) is 11.9 Å². The van der Waals surface area contributed by atoms with Crippen LogP contribution in [0.3, 0.4) is 0 Å². The fourth-order valence-corrected chi connectivity index (χ4v) is 1.33. The van der Waals surface area contributed by atoms with Crippen LogP contribution in [0.2, 0.25) is 5.02 Å². The van der Waals surface area contributed by atoms with Gasteiger partial charge in [-0.2, -0.15) is 4.98 Å². The molecule has 0 saturated heterocycles. The zero-order chi connectivity index (χ0) is 12.4. The molecule has 0 aliphatic carbocycles. The van der Waals surface area contributed by atoms with Gasteiger partial charge >= 0.3 is 0 Å². The number of aromatic nitrogens is 2. The third-order valence-electron chi connectivity index (χ3n) is 1.94. The molecule has 4 nitrogen and oxygen atoms in total. The van der Waals surface area contributed by atoms with E-state index in [0.29, 0.717) is 0 Å². The van der Waals surface area contributed by atoms with E-state index in [9.17, 15) is 8.78 Å². The predicted molar refractivity (Wildman–Crippen MR) is 61.1 cm³/mol.